The van der Waals surface area contributed by atoms with Crippen LogP contribution in [0.25, 0.3) is 0 Å². The molecule has 4 nitrogen and oxygen atoms in total. The van der Waals surface area contributed by atoms with E-state index in [1.165, 1.54) is 0 Å². The number of aliphatic carboxylic acids is 1. The molecule has 2 unspecified atom stereocenters. The number of hydrogen-bond acceptors (Lipinski definition) is 3. The number of carbonyl (C=O) groups is 1. The van der Waals surface area contributed by atoms with E-state index >= 15 is 0 Å². The predicted octanol–water partition coefficient (Wildman–Crippen LogP) is 3.51. The molecule has 0 aliphatic heterocycles. The van der Waals surface area contributed by atoms with Gasteiger partial charge in [0.25, 0.3) is 0 Å². The van der Waals surface area contributed by atoms with Gasteiger partial charge in [-0.25, -0.2) is 0 Å². The number of rotatable bonds is 4. The molecule has 2 N–H and O–H groups in total. The predicted molar refractivity (Wildman–Crippen MR) is 77.7 cm³/mol. The first-order chi connectivity index (χ1) is 9.63. The number of halogens is 1. The molecule has 0 bridgehead atoms. The first-order valence-electron chi connectivity index (χ1n) is 6.78. The summed E-state index contributed by atoms with van der Waals surface area (Å²) in [5, 5.41) is 22.0. The molecule has 1 saturated carbocycles. The lowest BCUT2D eigenvalue weighted by Gasteiger charge is -2.29. The van der Waals surface area contributed by atoms with Crippen LogP contribution in [-0.4, -0.2) is 17.6 Å². The standard InChI is InChI=1S/C15H17ClN2O2/c16-13-6-3-7-14(12(13)8-17)18-9-10-4-1-2-5-11(10)15(19)20/h3,6-7,10-11,18H,1-2,4-5,9H2,(H,19,20). The van der Waals surface area contributed by atoms with Crippen LogP contribution in [0.1, 0.15) is 31.2 Å². The Morgan fingerprint density at radius 1 is 1.45 bits per heavy atom. The maximum absolute atomic E-state index is 11.3. The molecule has 2 atom stereocenters. The summed E-state index contributed by atoms with van der Waals surface area (Å²) in [7, 11) is 0. The number of nitriles is 1. The van der Waals surface area contributed by atoms with Crippen molar-refractivity contribution in [2.45, 2.75) is 25.7 Å². The zero-order valence-corrected chi connectivity index (χ0v) is 11.9. The van der Waals surface area contributed by atoms with E-state index < -0.39 is 5.97 Å². The largest absolute Gasteiger partial charge is 0.481 e. The number of carboxylic acid groups (broad SMARTS) is 1. The van der Waals surface area contributed by atoms with E-state index in [0.717, 1.165) is 25.7 Å². The van der Waals surface area contributed by atoms with Crippen molar-refractivity contribution in [2.75, 3.05) is 11.9 Å². The maximum atomic E-state index is 11.3. The van der Waals surface area contributed by atoms with Gasteiger partial charge in [-0.15, -0.1) is 0 Å². The van der Waals surface area contributed by atoms with E-state index in [2.05, 4.69) is 11.4 Å². The molecule has 1 aliphatic carbocycles. The van der Waals surface area contributed by atoms with Gasteiger partial charge in [-0.1, -0.05) is 30.5 Å². The fourth-order valence-corrected chi connectivity index (χ4v) is 3.02. The topological polar surface area (TPSA) is 73.1 Å². The summed E-state index contributed by atoms with van der Waals surface area (Å²) in [6, 6.07) is 7.32. The molecule has 106 valence electrons. The molecule has 1 aromatic carbocycles. The fraction of sp³-hybridized carbons (Fsp3) is 0.467. The third kappa shape index (κ3) is 3.23. The highest BCUT2D eigenvalue weighted by Crippen LogP contribution is 2.31. The summed E-state index contributed by atoms with van der Waals surface area (Å²) in [6.07, 6.45) is 3.69. The van der Waals surface area contributed by atoms with Gasteiger partial charge in [-0.2, -0.15) is 5.26 Å². The van der Waals surface area contributed by atoms with Gasteiger partial charge in [-0.05, 0) is 30.9 Å². The van der Waals surface area contributed by atoms with Crippen molar-refractivity contribution in [1.29, 1.82) is 5.26 Å². The van der Waals surface area contributed by atoms with Gasteiger partial charge in [0.05, 0.1) is 22.2 Å². The molecule has 0 radical (unpaired) electrons. The third-order valence-corrected chi connectivity index (χ3v) is 4.22. The first kappa shape index (κ1) is 14.7. The van der Waals surface area contributed by atoms with Gasteiger partial charge in [-0.3, -0.25) is 4.79 Å². The first-order valence-corrected chi connectivity index (χ1v) is 7.16. The molecule has 0 amide bonds. The Hall–Kier alpha value is -1.73. The highest BCUT2D eigenvalue weighted by atomic mass is 35.5. The quantitative estimate of drug-likeness (QED) is 0.890. The zero-order valence-electron chi connectivity index (χ0n) is 11.1. The fourth-order valence-electron chi connectivity index (χ4n) is 2.80. The Labute approximate surface area is 123 Å². The van der Waals surface area contributed by atoms with Crippen LogP contribution in [-0.2, 0) is 4.79 Å². The van der Waals surface area contributed by atoms with Crippen molar-refractivity contribution >= 4 is 23.3 Å². The molecule has 2 rings (SSSR count). The lowest BCUT2D eigenvalue weighted by atomic mass is 9.79. The minimum atomic E-state index is -0.719. The Morgan fingerprint density at radius 3 is 2.90 bits per heavy atom. The second kappa shape index (κ2) is 6.62. The minimum Gasteiger partial charge on any atom is -0.481 e. The van der Waals surface area contributed by atoms with Crippen molar-refractivity contribution in [3.63, 3.8) is 0 Å². The molecule has 1 aliphatic rings. The van der Waals surface area contributed by atoms with Crippen molar-refractivity contribution in [2.24, 2.45) is 11.8 Å². The van der Waals surface area contributed by atoms with E-state index in [-0.39, 0.29) is 11.8 Å². The molecule has 0 saturated heterocycles. The normalized spacial score (nSPS) is 22.0. The number of carboxylic acids is 1. The van der Waals surface area contributed by atoms with E-state index in [4.69, 9.17) is 16.9 Å². The molecule has 1 fully saturated rings. The third-order valence-electron chi connectivity index (χ3n) is 3.91. The van der Waals surface area contributed by atoms with E-state index in [9.17, 15) is 9.90 Å². The van der Waals surface area contributed by atoms with Crippen LogP contribution in [0, 0.1) is 23.2 Å². The Morgan fingerprint density at radius 2 is 2.20 bits per heavy atom. The van der Waals surface area contributed by atoms with Crippen LogP contribution in [0.5, 0.6) is 0 Å². The summed E-state index contributed by atoms with van der Waals surface area (Å²) >= 11 is 5.97. The summed E-state index contributed by atoms with van der Waals surface area (Å²) in [5.74, 6) is -0.907. The SMILES string of the molecule is N#Cc1c(Cl)cccc1NCC1CCCCC1C(=O)O. The van der Waals surface area contributed by atoms with Gasteiger partial charge in [0, 0.05) is 6.54 Å². The van der Waals surface area contributed by atoms with Crippen molar-refractivity contribution in [1.82, 2.24) is 0 Å². The molecular weight excluding hydrogens is 276 g/mol. The highest BCUT2D eigenvalue weighted by molar-refractivity contribution is 6.32. The number of nitrogens with zero attached hydrogens (tertiary/aromatic N) is 1. The molecule has 1 aromatic rings. The van der Waals surface area contributed by atoms with Crippen LogP contribution in [0.4, 0.5) is 5.69 Å². The van der Waals surface area contributed by atoms with Gasteiger partial charge >= 0.3 is 5.97 Å². The molecule has 0 heterocycles. The summed E-state index contributed by atoms with van der Waals surface area (Å²) in [4.78, 5) is 11.3. The molecule has 5 heteroatoms. The summed E-state index contributed by atoms with van der Waals surface area (Å²) in [5.41, 5.74) is 1.09. The van der Waals surface area contributed by atoms with Gasteiger partial charge in [0.1, 0.15) is 6.07 Å². The van der Waals surface area contributed by atoms with Crippen LogP contribution >= 0.6 is 11.6 Å². The molecule has 0 spiro atoms. The van der Waals surface area contributed by atoms with Crippen molar-refractivity contribution in [3.8, 4) is 6.07 Å². The van der Waals surface area contributed by atoms with E-state index in [1.54, 1.807) is 18.2 Å². The van der Waals surface area contributed by atoms with Gasteiger partial charge in [0.2, 0.25) is 0 Å². The summed E-state index contributed by atoms with van der Waals surface area (Å²) < 4.78 is 0. The van der Waals surface area contributed by atoms with Crippen molar-refractivity contribution < 1.29 is 9.90 Å². The smallest absolute Gasteiger partial charge is 0.306 e. The molecule has 0 aromatic heterocycles. The summed E-state index contributed by atoms with van der Waals surface area (Å²) in [6.45, 7) is 0.561. The average Bonchev–Trinajstić information content (AvgIpc) is 2.45. The van der Waals surface area contributed by atoms with Crippen molar-refractivity contribution in [3.05, 3.63) is 28.8 Å². The number of hydrogen-bond donors (Lipinski definition) is 2. The minimum absolute atomic E-state index is 0.103. The monoisotopic (exact) mass is 292 g/mol. The van der Waals surface area contributed by atoms with Crippen LogP contribution in [0.15, 0.2) is 18.2 Å². The number of benzene rings is 1. The second-order valence-electron chi connectivity index (χ2n) is 5.14. The lowest BCUT2D eigenvalue weighted by molar-refractivity contribution is -0.144. The Balaban J connectivity index is 2.06. The maximum Gasteiger partial charge on any atom is 0.306 e. The van der Waals surface area contributed by atoms with E-state index in [1.807, 2.05) is 0 Å². The van der Waals surface area contributed by atoms with Crippen LogP contribution in [0.3, 0.4) is 0 Å². The highest BCUT2D eigenvalue weighted by Gasteiger charge is 2.30. The zero-order chi connectivity index (χ0) is 14.5. The van der Waals surface area contributed by atoms with Crippen LogP contribution < -0.4 is 5.32 Å². The molecular formula is C15H17ClN2O2. The average molecular weight is 293 g/mol. The molecule has 20 heavy (non-hydrogen) atoms. The van der Waals surface area contributed by atoms with Gasteiger partial charge in [0.15, 0.2) is 0 Å². The van der Waals surface area contributed by atoms with E-state index in [0.29, 0.717) is 22.8 Å². The number of anilines is 1. The second-order valence-corrected chi connectivity index (χ2v) is 5.55. The Bertz CT molecular complexity index is 539. The lowest BCUT2D eigenvalue weighted by Crippen LogP contribution is -2.31. The Kier molecular flexibility index (Phi) is 4.86. The van der Waals surface area contributed by atoms with Crippen LogP contribution in [0.2, 0.25) is 5.02 Å². The van der Waals surface area contributed by atoms with Gasteiger partial charge < -0.3 is 10.4 Å². The number of nitrogens with one attached hydrogen (secondary N) is 1.